The summed E-state index contributed by atoms with van der Waals surface area (Å²) in [6, 6.07) is 12.6. The number of rotatable bonds is 2. The largest absolute Gasteiger partial charge is 0.321 e. The molecular formula is C16H12IN3O2. The van der Waals surface area contributed by atoms with Gasteiger partial charge in [0.25, 0.3) is 11.5 Å². The molecule has 0 radical (unpaired) electrons. The van der Waals surface area contributed by atoms with Crippen molar-refractivity contribution in [3.8, 4) is 0 Å². The van der Waals surface area contributed by atoms with Gasteiger partial charge in [-0.1, -0.05) is 24.3 Å². The summed E-state index contributed by atoms with van der Waals surface area (Å²) >= 11 is 2.22. The lowest BCUT2D eigenvalue weighted by Gasteiger charge is -2.08. The molecule has 0 spiro atoms. The molecule has 0 aliphatic carbocycles. The summed E-state index contributed by atoms with van der Waals surface area (Å²) in [5.41, 5.74) is 1.73. The Morgan fingerprint density at radius 3 is 2.64 bits per heavy atom. The molecule has 0 aliphatic heterocycles. The Labute approximate surface area is 139 Å². The van der Waals surface area contributed by atoms with Gasteiger partial charge in [-0.3, -0.25) is 9.59 Å². The van der Waals surface area contributed by atoms with Crippen molar-refractivity contribution in [2.24, 2.45) is 0 Å². The fourth-order valence-corrected chi connectivity index (χ4v) is 2.66. The minimum atomic E-state index is -0.355. The Morgan fingerprint density at radius 2 is 1.91 bits per heavy atom. The molecule has 0 bridgehead atoms. The third kappa shape index (κ3) is 2.74. The maximum atomic E-state index is 12.4. The van der Waals surface area contributed by atoms with E-state index in [9.17, 15) is 9.59 Å². The van der Waals surface area contributed by atoms with Crippen molar-refractivity contribution in [1.29, 1.82) is 0 Å². The molecular weight excluding hydrogens is 393 g/mol. The monoisotopic (exact) mass is 405 g/mol. The Balaban J connectivity index is 2.01. The van der Waals surface area contributed by atoms with Crippen molar-refractivity contribution in [2.75, 3.05) is 5.32 Å². The molecule has 0 fully saturated rings. The first-order valence-corrected chi connectivity index (χ1v) is 7.69. The Kier molecular flexibility index (Phi) is 3.93. The van der Waals surface area contributed by atoms with Crippen LogP contribution in [0, 0.1) is 10.5 Å². The highest BCUT2D eigenvalue weighted by Crippen LogP contribution is 2.19. The van der Waals surface area contributed by atoms with Gasteiger partial charge < -0.3 is 5.32 Å². The van der Waals surface area contributed by atoms with Crippen LogP contribution < -0.4 is 10.9 Å². The van der Waals surface area contributed by atoms with Gasteiger partial charge in [0.1, 0.15) is 0 Å². The summed E-state index contributed by atoms with van der Waals surface area (Å²) in [6.45, 7) is 2.00. The summed E-state index contributed by atoms with van der Waals surface area (Å²) < 4.78 is 1.06. The molecule has 0 atom stereocenters. The van der Waals surface area contributed by atoms with Crippen molar-refractivity contribution in [3.05, 3.63) is 67.6 Å². The molecule has 0 saturated heterocycles. The number of amides is 1. The molecule has 0 saturated carbocycles. The number of aromatic amines is 1. The topological polar surface area (TPSA) is 74.8 Å². The molecule has 6 heteroatoms. The number of fused-ring (bicyclic) bond motifs is 1. The Hall–Kier alpha value is -2.22. The van der Waals surface area contributed by atoms with E-state index in [4.69, 9.17) is 0 Å². The molecule has 2 aromatic carbocycles. The number of nitrogens with one attached hydrogen (secondary N) is 2. The number of benzene rings is 2. The van der Waals surface area contributed by atoms with Crippen LogP contribution in [-0.4, -0.2) is 16.1 Å². The number of anilines is 1. The van der Waals surface area contributed by atoms with E-state index < -0.39 is 0 Å². The Morgan fingerprint density at radius 1 is 1.18 bits per heavy atom. The number of aromatic nitrogens is 2. The van der Waals surface area contributed by atoms with Crippen LogP contribution in [0.1, 0.15) is 16.1 Å². The van der Waals surface area contributed by atoms with Crippen LogP contribution in [-0.2, 0) is 0 Å². The van der Waals surface area contributed by atoms with Crippen LogP contribution in [0.3, 0.4) is 0 Å². The minimum absolute atomic E-state index is 0.200. The van der Waals surface area contributed by atoms with Crippen LogP contribution in [0.15, 0.2) is 47.3 Å². The molecule has 110 valence electrons. The number of aryl methyl sites for hydroxylation is 1. The average molecular weight is 405 g/mol. The molecule has 1 heterocycles. The van der Waals surface area contributed by atoms with Crippen LogP contribution in [0.5, 0.6) is 0 Å². The molecule has 22 heavy (non-hydrogen) atoms. The molecule has 1 amide bonds. The zero-order valence-corrected chi connectivity index (χ0v) is 13.8. The summed E-state index contributed by atoms with van der Waals surface area (Å²) in [5.74, 6) is -0.355. The normalized spacial score (nSPS) is 10.6. The lowest BCUT2D eigenvalue weighted by molar-refractivity contribution is 0.102. The maximum absolute atomic E-state index is 12.4. The highest BCUT2D eigenvalue weighted by Gasteiger charge is 2.14. The number of H-pyrrole nitrogens is 1. The first-order valence-electron chi connectivity index (χ1n) is 6.61. The molecule has 1 aromatic heterocycles. The second-order valence-corrected chi connectivity index (χ2v) is 6.03. The van der Waals surface area contributed by atoms with Crippen LogP contribution in [0.4, 0.5) is 5.69 Å². The lowest BCUT2D eigenvalue weighted by atomic mass is 10.1. The fourth-order valence-electron chi connectivity index (χ4n) is 2.15. The third-order valence-electron chi connectivity index (χ3n) is 3.34. The summed E-state index contributed by atoms with van der Waals surface area (Å²) in [7, 11) is 0. The van der Waals surface area contributed by atoms with Crippen molar-refractivity contribution in [2.45, 2.75) is 6.92 Å². The van der Waals surface area contributed by atoms with Crippen LogP contribution in [0.2, 0.25) is 0 Å². The van der Waals surface area contributed by atoms with Crippen molar-refractivity contribution in [3.63, 3.8) is 0 Å². The van der Waals surface area contributed by atoms with Gasteiger partial charge in [-0.15, -0.1) is 0 Å². The predicted octanol–water partition coefficient (Wildman–Crippen LogP) is 3.09. The van der Waals surface area contributed by atoms with E-state index >= 15 is 0 Å². The second kappa shape index (κ2) is 5.88. The zero-order chi connectivity index (χ0) is 15.7. The first-order chi connectivity index (χ1) is 10.6. The zero-order valence-electron chi connectivity index (χ0n) is 11.7. The molecule has 3 rings (SSSR count). The van der Waals surface area contributed by atoms with Crippen LogP contribution >= 0.6 is 22.6 Å². The standard InChI is InChI=1S/C16H12IN3O2/c1-9-6-7-10(8-13(9)17)18-16(22)14-11-4-2-3-5-12(11)15(21)20-19-14/h2-8H,1H3,(H,18,22)(H,20,21). The van der Waals surface area contributed by atoms with E-state index in [0.29, 0.717) is 16.5 Å². The van der Waals surface area contributed by atoms with E-state index in [2.05, 4.69) is 38.1 Å². The van der Waals surface area contributed by atoms with Crippen molar-refractivity contribution < 1.29 is 4.79 Å². The van der Waals surface area contributed by atoms with Crippen LogP contribution in [0.25, 0.3) is 10.8 Å². The van der Waals surface area contributed by atoms with Gasteiger partial charge in [0.15, 0.2) is 5.69 Å². The molecule has 5 nitrogen and oxygen atoms in total. The fraction of sp³-hybridized carbons (Fsp3) is 0.0625. The van der Waals surface area contributed by atoms with Gasteiger partial charge in [0, 0.05) is 14.6 Å². The maximum Gasteiger partial charge on any atom is 0.276 e. The summed E-state index contributed by atoms with van der Waals surface area (Å²) in [5, 5.41) is 10.0. The van der Waals surface area contributed by atoms with E-state index in [1.165, 1.54) is 0 Å². The minimum Gasteiger partial charge on any atom is -0.321 e. The number of carbonyl (C=O) groups is 1. The van der Waals surface area contributed by atoms with E-state index in [0.717, 1.165) is 9.13 Å². The quantitative estimate of drug-likeness (QED) is 0.644. The highest BCUT2D eigenvalue weighted by molar-refractivity contribution is 14.1. The van der Waals surface area contributed by atoms with Gasteiger partial charge in [0.2, 0.25) is 0 Å². The van der Waals surface area contributed by atoms with Gasteiger partial charge in [-0.2, -0.15) is 5.10 Å². The van der Waals surface area contributed by atoms with E-state index in [-0.39, 0.29) is 17.2 Å². The number of nitrogens with zero attached hydrogens (tertiary/aromatic N) is 1. The summed E-state index contributed by atoms with van der Waals surface area (Å²) in [6.07, 6.45) is 0. The SMILES string of the molecule is Cc1ccc(NC(=O)c2n[nH]c(=O)c3ccccc23)cc1I. The van der Waals surface area contributed by atoms with Crippen molar-refractivity contribution >= 4 is 45.0 Å². The van der Waals surface area contributed by atoms with Gasteiger partial charge >= 0.3 is 0 Å². The van der Waals surface area contributed by atoms with E-state index in [1.807, 2.05) is 25.1 Å². The Bertz CT molecular complexity index is 934. The molecule has 0 aliphatic rings. The van der Waals surface area contributed by atoms with Gasteiger partial charge in [-0.25, -0.2) is 5.10 Å². The lowest BCUT2D eigenvalue weighted by Crippen LogP contribution is -2.19. The molecule has 2 N–H and O–H groups in total. The average Bonchev–Trinajstić information content (AvgIpc) is 2.51. The molecule has 3 aromatic rings. The number of hydrogen-bond acceptors (Lipinski definition) is 3. The smallest absolute Gasteiger partial charge is 0.276 e. The highest BCUT2D eigenvalue weighted by atomic mass is 127. The van der Waals surface area contributed by atoms with Gasteiger partial charge in [-0.05, 0) is 53.3 Å². The second-order valence-electron chi connectivity index (χ2n) is 4.87. The summed E-state index contributed by atoms with van der Waals surface area (Å²) in [4.78, 5) is 24.2. The number of carbonyl (C=O) groups excluding carboxylic acids is 1. The third-order valence-corrected chi connectivity index (χ3v) is 4.50. The first kappa shape index (κ1) is 14.7. The predicted molar refractivity (Wildman–Crippen MR) is 94.2 cm³/mol. The molecule has 0 unspecified atom stereocenters. The van der Waals surface area contributed by atoms with Crippen molar-refractivity contribution in [1.82, 2.24) is 10.2 Å². The van der Waals surface area contributed by atoms with E-state index in [1.54, 1.807) is 24.3 Å². The van der Waals surface area contributed by atoms with Gasteiger partial charge in [0.05, 0.1) is 5.39 Å². The number of hydrogen-bond donors (Lipinski definition) is 2. The number of halogens is 1.